The van der Waals surface area contributed by atoms with Gasteiger partial charge in [-0.3, -0.25) is 15.6 Å². The van der Waals surface area contributed by atoms with Crippen LogP contribution in [0.1, 0.15) is 20.3 Å². The number of carbonyl (C=O) groups excluding carboxylic acids is 1. The molecule has 1 aromatic rings. The van der Waals surface area contributed by atoms with E-state index in [4.69, 9.17) is 12.2 Å². The van der Waals surface area contributed by atoms with Crippen molar-refractivity contribution in [2.24, 2.45) is 5.92 Å². The van der Waals surface area contributed by atoms with E-state index in [1.165, 1.54) is 12.1 Å². The van der Waals surface area contributed by atoms with Crippen molar-refractivity contribution in [3.05, 3.63) is 24.3 Å². The highest BCUT2D eigenvalue weighted by Crippen LogP contribution is 2.23. The molecule has 0 saturated carbocycles. The number of nitrogens with one attached hydrogen (secondary N) is 3. The van der Waals surface area contributed by atoms with Gasteiger partial charge in [-0.25, -0.2) is 0 Å². The Morgan fingerprint density at radius 2 is 1.82 bits per heavy atom. The Bertz CT molecular complexity index is 518. The van der Waals surface area contributed by atoms with Gasteiger partial charge < -0.3 is 10.1 Å². The minimum absolute atomic E-state index is 0.113. The highest BCUT2D eigenvalue weighted by atomic mass is 32.1. The van der Waals surface area contributed by atoms with E-state index in [9.17, 15) is 18.0 Å². The van der Waals surface area contributed by atoms with E-state index in [1.54, 1.807) is 0 Å². The number of halogens is 3. The number of anilines is 1. The maximum atomic E-state index is 12.0. The predicted octanol–water partition coefficient (Wildman–Crippen LogP) is 2.95. The Morgan fingerprint density at radius 1 is 1.23 bits per heavy atom. The zero-order chi connectivity index (χ0) is 16.8. The van der Waals surface area contributed by atoms with Crippen molar-refractivity contribution in [1.29, 1.82) is 0 Å². The summed E-state index contributed by atoms with van der Waals surface area (Å²) in [5.74, 6) is -0.334. The van der Waals surface area contributed by atoms with Crippen molar-refractivity contribution >= 4 is 28.9 Å². The molecule has 0 bridgehead atoms. The number of benzene rings is 1. The quantitative estimate of drug-likeness (QED) is 0.583. The lowest BCUT2D eigenvalue weighted by atomic mass is 10.1. The molecule has 1 aromatic carbocycles. The number of thiocarbonyl (C=S) groups is 1. The van der Waals surface area contributed by atoms with Crippen LogP contribution in [0.15, 0.2) is 24.3 Å². The summed E-state index contributed by atoms with van der Waals surface area (Å²) in [4.78, 5) is 11.4. The third-order valence-electron chi connectivity index (χ3n) is 2.25. The lowest BCUT2D eigenvalue weighted by Gasteiger charge is -2.13. The smallest absolute Gasteiger partial charge is 0.406 e. The molecule has 0 aliphatic heterocycles. The first-order valence-electron chi connectivity index (χ1n) is 6.37. The van der Waals surface area contributed by atoms with Crippen LogP contribution in [-0.2, 0) is 4.79 Å². The molecule has 0 aromatic heterocycles. The molecule has 0 saturated heterocycles. The molecule has 122 valence electrons. The average Bonchev–Trinajstić information content (AvgIpc) is 2.36. The average molecular weight is 335 g/mol. The molecule has 22 heavy (non-hydrogen) atoms. The summed E-state index contributed by atoms with van der Waals surface area (Å²) in [5, 5.41) is 2.82. The molecule has 0 atom stereocenters. The summed E-state index contributed by atoms with van der Waals surface area (Å²) in [6.07, 6.45) is -4.38. The second-order valence-corrected chi connectivity index (χ2v) is 5.21. The molecule has 0 fully saturated rings. The van der Waals surface area contributed by atoms with Crippen LogP contribution in [0.2, 0.25) is 0 Å². The normalized spacial score (nSPS) is 11.0. The molecule has 0 unspecified atom stereocenters. The molecule has 3 N–H and O–H groups in total. The number of rotatable bonds is 4. The van der Waals surface area contributed by atoms with E-state index < -0.39 is 6.36 Å². The van der Waals surface area contributed by atoms with Gasteiger partial charge in [-0.2, -0.15) is 0 Å². The molecule has 0 aliphatic rings. The van der Waals surface area contributed by atoms with E-state index in [-0.39, 0.29) is 22.7 Å². The molecular formula is C13H16F3N3O2S. The Kier molecular flexibility index (Phi) is 6.41. The molecule has 1 rings (SSSR count). The van der Waals surface area contributed by atoms with Crippen LogP contribution >= 0.6 is 12.2 Å². The zero-order valence-corrected chi connectivity index (χ0v) is 12.8. The van der Waals surface area contributed by atoms with Crippen LogP contribution in [0.3, 0.4) is 0 Å². The lowest BCUT2D eigenvalue weighted by Crippen LogP contribution is -2.44. The molecule has 5 nitrogen and oxygen atoms in total. The SMILES string of the molecule is CC(C)CC(=O)NNC(=S)Nc1ccc(OC(F)(F)F)cc1. The van der Waals surface area contributed by atoms with Crippen molar-refractivity contribution in [1.82, 2.24) is 10.9 Å². The number of hydrazine groups is 1. The maximum absolute atomic E-state index is 12.0. The van der Waals surface area contributed by atoms with Gasteiger partial charge in [0.15, 0.2) is 5.11 Å². The molecule has 0 heterocycles. The number of hydrogen-bond donors (Lipinski definition) is 3. The van der Waals surface area contributed by atoms with Crippen LogP contribution in [0.25, 0.3) is 0 Å². The van der Waals surface area contributed by atoms with Crippen LogP contribution in [0.5, 0.6) is 5.75 Å². The fraction of sp³-hybridized carbons (Fsp3) is 0.385. The number of alkyl halides is 3. The first kappa shape index (κ1) is 18.0. The second-order valence-electron chi connectivity index (χ2n) is 4.80. The summed E-state index contributed by atoms with van der Waals surface area (Å²) >= 11 is 4.94. The van der Waals surface area contributed by atoms with E-state index >= 15 is 0 Å². The van der Waals surface area contributed by atoms with Crippen molar-refractivity contribution in [2.75, 3.05) is 5.32 Å². The van der Waals surface area contributed by atoms with E-state index in [2.05, 4.69) is 20.9 Å². The van der Waals surface area contributed by atoms with Crippen LogP contribution in [-0.4, -0.2) is 17.4 Å². The minimum Gasteiger partial charge on any atom is -0.406 e. The van der Waals surface area contributed by atoms with Crippen LogP contribution in [0, 0.1) is 5.92 Å². The van der Waals surface area contributed by atoms with Gasteiger partial charge in [0, 0.05) is 12.1 Å². The lowest BCUT2D eigenvalue weighted by molar-refractivity contribution is -0.274. The van der Waals surface area contributed by atoms with Gasteiger partial charge in [0.25, 0.3) is 0 Å². The minimum atomic E-state index is -4.73. The van der Waals surface area contributed by atoms with Gasteiger partial charge >= 0.3 is 6.36 Å². The summed E-state index contributed by atoms with van der Waals surface area (Å²) in [6.45, 7) is 3.81. The van der Waals surface area contributed by atoms with Gasteiger partial charge in [-0.1, -0.05) is 13.8 Å². The fourth-order valence-corrected chi connectivity index (χ4v) is 1.62. The van der Waals surface area contributed by atoms with Crippen molar-refractivity contribution in [3.8, 4) is 5.75 Å². The van der Waals surface area contributed by atoms with Gasteiger partial charge in [0.2, 0.25) is 5.91 Å². The largest absolute Gasteiger partial charge is 0.573 e. The highest BCUT2D eigenvalue weighted by Gasteiger charge is 2.30. The second kappa shape index (κ2) is 7.83. The molecule has 9 heteroatoms. The summed E-state index contributed by atoms with van der Waals surface area (Å²) < 4.78 is 39.8. The Hall–Kier alpha value is -2.03. The van der Waals surface area contributed by atoms with Gasteiger partial charge in [-0.05, 0) is 42.4 Å². The molecule has 1 amide bonds. The standard InChI is InChI=1S/C13H16F3N3O2S/c1-8(2)7-11(20)18-19-12(22)17-9-3-5-10(6-4-9)21-13(14,15)16/h3-6,8H,7H2,1-2H3,(H,18,20)(H2,17,19,22). The summed E-state index contributed by atoms with van der Waals surface area (Å²) in [7, 11) is 0. The van der Waals surface area contributed by atoms with Gasteiger partial charge in [0.1, 0.15) is 5.75 Å². The van der Waals surface area contributed by atoms with Crippen molar-refractivity contribution < 1.29 is 22.7 Å². The number of ether oxygens (including phenoxy) is 1. The van der Waals surface area contributed by atoms with Crippen LogP contribution in [0.4, 0.5) is 18.9 Å². The number of amides is 1. The number of carbonyl (C=O) groups is 1. The first-order chi connectivity index (χ1) is 10.2. The van der Waals surface area contributed by atoms with E-state index in [0.29, 0.717) is 12.1 Å². The van der Waals surface area contributed by atoms with Crippen LogP contribution < -0.4 is 20.9 Å². The summed E-state index contributed by atoms with van der Waals surface area (Å²) in [6, 6.07) is 5.03. The Balaban J connectivity index is 2.43. The van der Waals surface area contributed by atoms with E-state index in [1.807, 2.05) is 13.8 Å². The zero-order valence-electron chi connectivity index (χ0n) is 12.0. The van der Waals surface area contributed by atoms with E-state index in [0.717, 1.165) is 12.1 Å². The third-order valence-corrected chi connectivity index (χ3v) is 2.46. The fourth-order valence-electron chi connectivity index (χ4n) is 1.45. The van der Waals surface area contributed by atoms with Gasteiger partial charge in [0.05, 0.1) is 0 Å². The predicted molar refractivity (Wildman–Crippen MR) is 80.1 cm³/mol. The van der Waals surface area contributed by atoms with Crippen molar-refractivity contribution in [2.45, 2.75) is 26.6 Å². The molecule has 0 aliphatic carbocycles. The maximum Gasteiger partial charge on any atom is 0.573 e. The monoisotopic (exact) mass is 335 g/mol. The first-order valence-corrected chi connectivity index (χ1v) is 6.78. The molecule has 0 spiro atoms. The van der Waals surface area contributed by atoms with Crippen molar-refractivity contribution in [3.63, 3.8) is 0 Å². The summed E-state index contributed by atoms with van der Waals surface area (Å²) in [5.41, 5.74) is 5.36. The highest BCUT2D eigenvalue weighted by molar-refractivity contribution is 7.80. The number of hydrogen-bond acceptors (Lipinski definition) is 3. The molecule has 0 radical (unpaired) electrons. The Labute approximate surface area is 131 Å². The molecular weight excluding hydrogens is 319 g/mol. The van der Waals surface area contributed by atoms with Gasteiger partial charge in [-0.15, -0.1) is 13.2 Å². The third kappa shape index (κ3) is 7.67. The Morgan fingerprint density at radius 3 is 2.32 bits per heavy atom. The topological polar surface area (TPSA) is 62.4 Å².